The van der Waals surface area contributed by atoms with Crippen LogP contribution in [0.1, 0.15) is 12.8 Å². The summed E-state index contributed by atoms with van der Waals surface area (Å²) in [6.45, 7) is 1.01. The largest absolute Gasteiger partial charge is 0.495 e. The van der Waals surface area contributed by atoms with Crippen LogP contribution in [0.3, 0.4) is 0 Å². The molecule has 9 heteroatoms. The fraction of sp³-hybridized carbons (Fsp3) is 0.500. The minimum atomic E-state index is -3.64. The smallest absolute Gasteiger partial charge is 0.407 e. The van der Waals surface area contributed by atoms with Crippen molar-refractivity contribution >= 4 is 27.7 Å². The Balaban J connectivity index is 1.76. The Morgan fingerprint density at radius 3 is 2.57 bits per heavy atom. The molecule has 1 N–H and O–H groups in total. The average Bonchev–Trinajstić information content (AvgIpc) is 2.88. The molecule has 0 bridgehead atoms. The number of amides is 1. The molecule has 0 aromatic heterocycles. The maximum atomic E-state index is 12.7. The molecule has 1 aromatic carbocycles. The first kappa shape index (κ1) is 16.4. The second-order valence-electron chi connectivity index (χ2n) is 5.63. The molecular weight excluding hydrogens is 344 g/mol. The molecule has 126 valence electrons. The normalized spacial score (nSPS) is 21.0. The number of sulfonamides is 1. The van der Waals surface area contributed by atoms with Crippen molar-refractivity contribution in [3.63, 3.8) is 0 Å². The van der Waals surface area contributed by atoms with Crippen LogP contribution >= 0.6 is 11.6 Å². The topological polar surface area (TPSA) is 84.9 Å². The van der Waals surface area contributed by atoms with Crippen molar-refractivity contribution in [2.45, 2.75) is 23.3 Å². The number of carbonyl (C=O) groups is 1. The highest BCUT2D eigenvalue weighted by atomic mass is 35.5. The van der Waals surface area contributed by atoms with Gasteiger partial charge in [0.05, 0.1) is 23.6 Å². The van der Waals surface area contributed by atoms with Gasteiger partial charge in [-0.25, -0.2) is 13.2 Å². The van der Waals surface area contributed by atoms with Gasteiger partial charge in [-0.3, -0.25) is 0 Å². The molecule has 2 heterocycles. The molecule has 0 radical (unpaired) electrons. The molecule has 1 amide bonds. The SMILES string of the molecule is COc1ccc(S(=O)(=O)N2CCC3(CC2)CNC(=O)O3)cc1Cl. The molecule has 0 saturated carbocycles. The number of ether oxygens (including phenoxy) is 2. The molecule has 0 unspecified atom stereocenters. The lowest BCUT2D eigenvalue weighted by molar-refractivity contribution is 0.0173. The predicted octanol–water partition coefficient (Wildman–Crippen LogP) is 1.61. The number of alkyl carbamates (subject to hydrolysis) is 1. The second-order valence-corrected chi connectivity index (χ2v) is 7.97. The zero-order valence-corrected chi connectivity index (χ0v) is 14.1. The third-order valence-electron chi connectivity index (χ3n) is 4.26. The molecule has 3 rings (SSSR count). The number of benzene rings is 1. The maximum absolute atomic E-state index is 12.7. The Hall–Kier alpha value is -1.51. The monoisotopic (exact) mass is 360 g/mol. The molecule has 2 saturated heterocycles. The van der Waals surface area contributed by atoms with Gasteiger partial charge >= 0.3 is 6.09 Å². The van der Waals surface area contributed by atoms with Gasteiger partial charge in [0.25, 0.3) is 0 Å². The molecule has 2 fully saturated rings. The first-order chi connectivity index (χ1) is 10.9. The van der Waals surface area contributed by atoms with Gasteiger partial charge in [0, 0.05) is 25.9 Å². The van der Waals surface area contributed by atoms with Crippen LogP contribution in [0, 0.1) is 0 Å². The van der Waals surface area contributed by atoms with Gasteiger partial charge in [0.15, 0.2) is 0 Å². The first-order valence-corrected chi connectivity index (χ1v) is 8.99. The Morgan fingerprint density at radius 1 is 1.35 bits per heavy atom. The van der Waals surface area contributed by atoms with E-state index in [1.54, 1.807) is 0 Å². The molecular formula is C14H17ClN2O5S. The summed E-state index contributed by atoms with van der Waals surface area (Å²) in [4.78, 5) is 11.3. The fourth-order valence-corrected chi connectivity index (χ4v) is 4.66. The number of hydrogen-bond acceptors (Lipinski definition) is 5. The number of piperidine rings is 1. The number of carbonyl (C=O) groups excluding carboxylic acids is 1. The maximum Gasteiger partial charge on any atom is 0.407 e. The number of nitrogens with zero attached hydrogens (tertiary/aromatic N) is 1. The van der Waals surface area contributed by atoms with Crippen molar-refractivity contribution in [3.05, 3.63) is 23.2 Å². The van der Waals surface area contributed by atoms with Crippen molar-refractivity contribution in [3.8, 4) is 5.75 Å². The van der Waals surface area contributed by atoms with Crippen LogP contribution in [0.25, 0.3) is 0 Å². The van der Waals surface area contributed by atoms with Crippen LogP contribution < -0.4 is 10.1 Å². The highest BCUT2D eigenvalue weighted by molar-refractivity contribution is 7.89. The molecule has 23 heavy (non-hydrogen) atoms. The van der Waals surface area contributed by atoms with Crippen molar-refractivity contribution < 1.29 is 22.7 Å². The standard InChI is InChI=1S/C14H17ClN2O5S/c1-21-12-3-2-10(8-11(12)15)23(19,20)17-6-4-14(5-7-17)9-16-13(18)22-14/h2-3,8H,4-7,9H2,1H3,(H,16,18). The Kier molecular flexibility index (Phi) is 4.16. The quantitative estimate of drug-likeness (QED) is 0.885. The Bertz CT molecular complexity index is 729. The summed E-state index contributed by atoms with van der Waals surface area (Å²) in [6, 6.07) is 4.39. The van der Waals surface area contributed by atoms with Gasteiger partial charge in [0.2, 0.25) is 10.0 Å². The van der Waals surface area contributed by atoms with E-state index in [1.165, 1.54) is 29.6 Å². The number of nitrogens with one attached hydrogen (secondary N) is 1. The summed E-state index contributed by atoms with van der Waals surface area (Å²) in [7, 11) is -2.17. The van der Waals surface area contributed by atoms with Crippen LogP contribution in [-0.4, -0.2) is 51.2 Å². The highest BCUT2D eigenvalue weighted by Crippen LogP contribution is 2.33. The molecule has 0 aliphatic carbocycles. The van der Waals surface area contributed by atoms with Gasteiger partial charge in [-0.2, -0.15) is 4.31 Å². The van der Waals surface area contributed by atoms with E-state index in [1.807, 2.05) is 0 Å². The van der Waals surface area contributed by atoms with Crippen LogP contribution in [0.15, 0.2) is 23.1 Å². The third-order valence-corrected chi connectivity index (χ3v) is 6.45. The Morgan fingerprint density at radius 2 is 2.04 bits per heavy atom. The summed E-state index contributed by atoms with van der Waals surface area (Å²) >= 11 is 6.02. The van der Waals surface area contributed by atoms with Crippen molar-refractivity contribution in [1.29, 1.82) is 0 Å². The molecule has 2 aliphatic rings. The van der Waals surface area contributed by atoms with Gasteiger partial charge in [-0.1, -0.05) is 11.6 Å². The summed E-state index contributed by atoms with van der Waals surface area (Å²) in [5, 5.41) is 2.87. The zero-order valence-electron chi connectivity index (χ0n) is 12.5. The highest BCUT2D eigenvalue weighted by Gasteiger charge is 2.45. The molecule has 1 aromatic rings. The van der Waals surface area contributed by atoms with E-state index < -0.39 is 21.7 Å². The van der Waals surface area contributed by atoms with Gasteiger partial charge < -0.3 is 14.8 Å². The lowest BCUT2D eigenvalue weighted by Crippen LogP contribution is -2.48. The number of halogens is 1. The van der Waals surface area contributed by atoms with Crippen LogP contribution in [0.5, 0.6) is 5.75 Å². The van der Waals surface area contributed by atoms with Gasteiger partial charge in [-0.15, -0.1) is 0 Å². The summed E-state index contributed by atoms with van der Waals surface area (Å²) in [5.74, 6) is 0.423. The average molecular weight is 361 g/mol. The lowest BCUT2D eigenvalue weighted by atomic mass is 9.93. The number of methoxy groups -OCH3 is 1. The minimum Gasteiger partial charge on any atom is -0.495 e. The summed E-state index contributed by atoms with van der Waals surface area (Å²) in [5.41, 5.74) is -0.583. The summed E-state index contributed by atoms with van der Waals surface area (Å²) < 4.78 is 37.1. The van der Waals surface area contributed by atoms with E-state index in [2.05, 4.69) is 5.32 Å². The minimum absolute atomic E-state index is 0.126. The fourth-order valence-electron chi connectivity index (χ4n) is 2.87. The van der Waals surface area contributed by atoms with E-state index in [0.29, 0.717) is 38.2 Å². The van der Waals surface area contributed by atoms with E-state index in [-0.39, 0.29) is 9.92 Å². The van der Waals surface area contributed by atoms with E-state index in [0.717, 1.165) is 0 Å². The van der Waals surface area contributed by atoms with Crippen LogP contribution in [-0.2, 0) is 14.8 Å². The molecule has 0 atom stereocenters. The van der Waals surface area contributed by atoms with Crippen LogP contribution in [0.2, 0.25) is 5.02 Å². The van der Waals surface area contributed by atoms with E-state index in [9.17, 15) is 13.2 Å². The van der Waals surface area contributed by atoms with Gasteiger partial charge in [-0.05, 0) is 18.2 Å². The third kappa shape index (κ3) is 2.98. The zero-order chi connectivity index (χ0) is 16.7. The first-order valence-electron chi connectivity index (χ1n) is 7.17. The van der Waals surface area contributed by atoms with Crippen LogP contribution in [0.4, 0.5) is 4.79 Å². The number of rotatable bonds is 3. The molecule has 7 nitrogen and oxygen atoms in total. The lowest BCUT2D eigenvalue weighted by Gasteiger charge is -2.36. The van der Waals surface area contributed by atoms with Crippen molar-refractivity contribution in [2.24, 2.45) is 0 Å². The van der Waals surface area contributed by atoms with Gasteiger partial charge in [0.1, 0.15) is 11.4 Å². The number of hydrogen-bond donors (Lipinski definition) is 1. The molecule has 2 aliphatic heterocycles. The van der Waals surface area contributed by atoms with Crippen molar-refractivity contribution in [2.75, 3.05) is 26.7 Å². The Labute approximate surface area is 139 Å². The van der Waals surface area contributed by atoms with E-state index in [4.69, 9.17) is 21.1 Å². The van der Waals surface area contributed by atoms with E-state index >= 15 is 0 Å². The molecule has 1 spiro atoms. The van der Waals surface area contributed by atoms with Crippen molar-refractivity contribution in [1.82, 2.24) is 9.62 Å². The second kappa shape index (κ2) is 5.85. The summed E-state index contributed by atoms with van der Waals surface area (Å²) in [6.07, 6.45) is 0.493. The predicted molar refractivity (Wildman–Crippen MR) is 83.2 cm³/mol.